The molecule has 0 saturated carbocycles. The largest absolute Gasteiger partial charge is 0.266 e. The Bertz CT molecular complexity index is 443. The Morgan fingerprint density at radius 1 is 1.06 bits per heavy atom. The minimum Gasteiger partial charge on any atom is -0.266 e. The molecule has 17 heavy (non-hydrogen) atoms. The van der Waals surface area contributed by atoms with Gasteiger partial charge >= 0.3 is 0 Å². The van der Waals surface area contributed by atoms with Crippen LogP contribution >= 0.6 is 0 Å². The van der Waals surface area contributed by atoms with Gasteiger partial charge in [-0.25, -0.2) is 0 Å². The Morgan fingerprint density at radius 3 is 2.35 bits per heavy atom. The second kappa shape index (κ2) is 6.48. The summed E-state index contributed by atoms with van der Waals surface area (Å²) in [6.45, 7) is 4.20. The summed E-state index contributed by atoms with van der Waals surface area (Å²) in [7, 11) is 0. The molecule has 1 aromatic carbocycles. The number of pyridine rings is 1. The fourth-order valence-corrected chi connectivity index (χ4v) is 1.72. The van der Waals surface area contributed by atoms with Gasteiger partial charge in [0.25, 0.3) is 0 Å². The van der Waals surface area contributed by atoms with E-state index < -0.39 is 0 Å². The van der Waals surface area contributed by atoms with Crippen molar-refractivity contribution < 1.29 is 20.1 Å². The van der Waals surface area contributed by atoms with E-state index in [1.165, 1.54) is 11.1 Å². The molecule has 0 atom stereocenters. The van der Waals surface area contributed by atoms with Crippen molar-refractivity contribution in [3.8, 4) is 0 Å². The number of nitrogens with zero attached hydrogens (tertiary/aromatic N) is 1. The van der Waals surface area contributed by atoms with Crippen LogP contribution in [0.25, 0.3) is 5.57 Å². The van der Waals surface area contributed by atoms with Crippen molar-refractivity contribution in [3.63, 3.8) is 0 Å². The molecule has 0 N–H and O–H groups in total. The maximum atomic E-state index is 4.40. The van der Waals surface area contributed by atoms with Crippen molar-refractivity contribution in [1.82, 2.24) is 4.98 Å². The van der Waals surface area contributed by atoms with Crippen molar-refractivity contribution in [2.24, 2.45) is 0 Å². The SMILES string of the molecule is CC(C)=C(c1[c-]cccc1)c1ccccn1.[Ir]. The minimum absolute atomic E-state index is 0. The van der Waals surface area contributed by atoms with Crippen LogP contribution in [0.5, 0.6) is 0 Å². The number of rotatable bonds is 2. The van der Waals surface area contributed by atoms with Crippen molar-refractivity contribution in [2.75, 3.05) is 0 Å². The molecule has 1 nitrogen and oxygen atoms in total. The van der Waals surface area contributed by atoms with E-state index in [1.54, 1.807) is 0 Å². The van der Waals surface area contributed by atoms with Gasteiger partial charge < -0.3 is 0 Å². The van der Waals surface area contributed by atoms with Gasteiger partial charge in [-0.2, -0.15) is 0 Å². The summed E-state index contributed by atoms with van der Waals surface area (Å²) < 4.78 is 0. The first-order chi connectivity index (χ1) is 7.79. The van der Waals surface area contributed by atoms with Crippen molar-refractivity contribution in [1.29, 1.82) is 0 Å². The molecule has 0 unspecified atom stereocenters. The van der Waals surface area contributed by atoms with Crippen molar-refractivity contribution >= 4 is 5.57 Å². The molecule has 0 bridgehead atoms. The van der Waals surface area contributed by atoms with Gasteiger partial charge in [-0.15, -0.1) is 41.5 Å². The quantitative estimate of drug-likeness (QED) is 0.701. The van der Waals surface area contributed by atoms with Crippen LogP contribution in [0.1, 0.15) is 25.1 Å². The van der Waals surface area contributed by atoms with Crippen LogP contribution in [0, 0.1) is 6.07 Å². The standard InChI is InChI=1S/C15H14N.Ir/c1-12(2)15(13-8-4-3-5-9-13)14-10-6-7-11-16-14;/h3-8,10-11H,1-2H3;/q-1;. The van der Waals surface area contributed by atoms with Gasteiger partial charge in [-0.05, 0) is 12.1 Å². The number of aromatic nitrogens is 1. The zero-order valence-electron chi connectivity index (χ0n) is 9.90. The summed E-state index contributed by atoms with van der Waals surface area (Å²) in [5.74, 6) is 0. The van der Waals surface area contributed by atoms with E-state index in [-0.39, 0.29) is 20.1 Å². The molecule has 2 aromatic rings. The molecule has 0 fully saturated rings. The molecule has 0 saturated heterocycles. The van der Waals surface area contributed by atoms with E-state index in [1.807, 2.05) is 42.6 Å². The second-order valence-electron chi connectivity index (χ2n) is 3.87. The smallest absolute Gasteiger partial charge is 0.0293 e. The van der Waals surface area contributed by atoms with Crippen LogP contribution < -0.4 is 0 Å². The summed E-state index contributed by atoms with van der Waals surface area (Å²) in [5.41, 5.74) is 4.52. The number of benzene rings is 1. The Balaban J connectivity index is 0.00000144. The molecule has 0 amide bonds. The van der Waals surface area contributed by atoms with Crippen molar-refractivity contribution in [3.05, 3.63) is 71.6 Å². The van der Waals surface area contributed by atoms with Gasteiger partial charge in [-0.1, -0.05) is 25.5 Å². The molecular formula is C15H14IrN-. The Hall–Kier alpha value is -1.24. The van der Waals surface area contributed by atoms with E-state index in [2.05, 4.69) is 31.0 Å². The molecule has 1 aromatic heterocycles. The van der Waals surface area contributed by atoms with Gasteiger partial charge in [0, 0.05) is 32.0 Å². The molecule has 0 aliphatic carbocycles. The average molecular weight is 401 g/mol. The first kappa shape index (κ1) is 13.8. The summed E-state index contributed by atoms with van der Waals surface area (Å²) in [6, 6.07) is 17.2. The third kappa shape index (κ3) is 3.36. The maximum Gasteiger partial charge on any atom is 0.0293 e. The fraction of sp³-hybridized carbons (Fsp3) is 0.133. The second-order valence-corrected chi connectivity index (χ2v) is 3.87. The van der Waals surface area contributed by atoms with Crippen LogP contribution in [0.15, 0.2) is 54.2 Å². The molecule has 0 spiro atoms. The van der Waals surface area contributed by atoms with E-state index in [9.17, 15) is 0 Å². The fourth-order valence-electron chi connectivity index (χ4n) is 1.72. The first-order valence-corrected chi connectivity index (χ1v) is 5.35. The summed E-state index contributed by atoms with van der Waals surface area (Å²) in [5, 5.41) is 0. The third-order valence-electron chi connectivity index (χ3n) is 2.40. The number of allylic oxidation sites excluding steroid dienone is 1. The predicted molar refractivity (Wildman–Crippen MR) is 66.9 cm³/mol. The molecule has 1 radical (unpaired) electrons. The van der Waals surface area contributed by atoms with Gasteiger partial charge in [0.1, 0.15) is 0 Å². The van der Waals surface area contributed by atoms with Crippen molar-refractivity contribution in [2.45, 2.75) is 13.8 Å². The van der Waals surface area contributed by atoms with E-state index in [0.717, 1.165) is 11.3 Å². The third-order valence-corrected chi connectivity index (χ3v) is 2.40. The van der Waals surface area contributed by atoms with Gasteiger partial charge in [0.15, 0.2) is 0 Å². The van der Waals surface area contributed by atoms with Gasteiger partial charge in [0.05, 0.1) is 0 Å². The zero-order chi connectivity index (χ0) is 11.4. The Labute approximate surface area is 116 Å². The summed E-state index contributed by atoms with van der Waals surface area (Å²) in [4.78, 5) is 4.40. The van der Waals surface area contributed by atoms with Crippen LogP contribution in [-0.4, -0.2) is 4.98 Å². The Kier molecular flexibility index (Phi) is 5.27. The molecule has 0 aliphatic heterocycles. The monoisotopic (exact) mass is 401 g/mol. The maximum absolute atomic E-state index is 4.40. The first-order valence-electron chi connectivity index (χ1n) is 5.35. The van der Waals surface area contributed by atoms with Gasteiger partial charge in [-0.3, -0.25) is 4.98 Å². The molecule has 89 valence electrons. The molecule has 2 rings (SSSR count). The predicted octanol–water partition coefficient (Wildman–Crippen LogP) is 3.72. The van der Waals surface area contributed by atoms with E-state index in [4.69, 9.17) is 0 Å². The van der Waals surface area contributed by atoms with Gasteiger partial charge in [0.2, 0.25) is 0 Å². The van der Waals surface area contributed by atoms with Crippen LogP contribution in [-0.2, 0) is 20.1 Å². The normalized spacial score (nSPS) is 9.29. The molecule has 1 heterocycles. The van der Waals surface area contributed by atoms with Crippen LogP contribution in [0.3, 0.4) is 0 Å². The molecule has 0 aliphatic rings. The summed E-state index contributed by atoms with van der Waals surface area (Å²) in [6.07, 6.45) is 1.82. The van der Waals surface area contributed by atoms with E-state index >= 15 is 0 Å². The Morgan fingerprint density at radius 2 is 1.82 bits per heavy atom. The van der Waals surface area contributed by atoms with Crippen LogP contribution in [0.2, 0.25) is 0 Å². The average Bonchev–Trinajstić information content (AvgIpc) is 2.31. The van der Waals surface area contributed by atoms with E-state index in [0.29, 0.717) is 0 Å². The zero-order valence-corrected chi connectivity index (χ0v) is 12.3. The number of hydrogen-bond donors (Lipinski definition) is 0. The van der Waals surface area contributed by atoms with Crippen LogP contribution in [0.4, 0.5) is 0 Å². The summed E-state index contributed by atoms with van der Waals surface area (Å²) >= 11 is 0. The molecule has 2 heteroatoms. The minimum atomic E-state index is 0. The topological polar surface area (TPSA) is 12.9 Å². The molecular weight excluding hydrogens is 386 g/mol. The number of hydrogen-bond acceptors (Lipinski definition) is 1.